The summed E-state index contributed by atoms with van der Waals surface area (Å²) in [6.07, 6.45) is 2.13. The Labute approximate surface area is 144 Å². The number of hydrogen-bond donors (Lipinski definition) is 2. The van der Waals surface area contributed by atoms with Crippen LogP contribution in [0.5, 0.6) is 5.75 Å². The van der Waals surface area contributed by atoms with Gasteiger partial charge in [-0.1, -0.05) is 11.6 Å². The van der Waals surface area contributed by atoms with Crippen molar-refractivity contribution in [1.29, 1.82) is 0 Å². The molecule has 24 heavy (non-hydrogen) atoms. The number of carbonyl (C=O) groups is 1. The average molecular weight is 348 g/mol. The zero-order chi connectivity index (χ0) is 17.1. The second-order valence-corrected chi connectivity index (χ2v) is 6.35. The van der Waals surface area contributed by atoms with E-state index in [9.17, 15) is 9.59 Å². The number of benzene rings is 1. The SMILES string of the molecule is Cc1cc(Cl)ccc1OCC(=O)NC1CCc2n[nH]c(=O)cc2C1. The molecule has 3 rings (SSSR count). The lowest BCUT2D eigenvalue weighted by atomic mass is 9.92. The Morgan fingerprint density at radius 1 is 1.46 bits per heavy atom. The number of rotatable bonds is 4. The number of halogens is 1. The molecule has 1 aromatic carbocycles. The molecule has 1 aromatic heterocycles. The largest absolute Gasteiger partial charge is 0.484 e. The second-order valence-electron chi connectivity index (χ2n) is 5.91. The van der Waals surface area contributed by atoms with E-state index in [2.05, 4.69) is 15.5 Å². The molecule has 7 heteroatoms. The van der Waals surface area contributed by atoms with Crippen LogP contribution in [0.2, 0.25) is 5.02 Å². The third kappa shape index (κ3) is 3.94. The molecule has 0 saturated carbocycles. The zero-order valence-corrected chi connectivity index (χ0v) is 14.0. The Kier molecular flexibility index (Phi) is 4.85. The number of aromatic nitrogens is 2. The predicted octanol–water partition coefficient (Wildman–Crippen LogP) is 1.78. The van der Waals surface area contributed by atoms with Crippen molar-refractivity contribution in [3.05, 3.63) is 56.5 Å². The average Bonchev–Trinajstić information content (AvgIpc) is 2.53. The highest BCUT2D eigenvalue weighted by atomic mass is 35.5. The van der Waals surface area contributed by atoms with Crippen molar-refractivity contribution in [3.8, 4) is 5.75 Å². The Hall–Kier alpha value is -2.34. The van der Waals surface area contributed by atoms with Crippen LogP contribution in [-0.2, 0) is 17.6 Å². The highest BCUT2D eigenvalue weighted by Crippen LogP contribution is 2.22. The van der Waals surface area contributed by atoms with E-state index in [0.717, 1.165) is 29.7 Å². The number of H-pyrrole nitrogens is 1. The van der Waals surface area contributed by atoms with Crippen LogP contribution in [0.4, 0.5) is 0 Å². The van der Waals surface area contributed by atoms with Crippen LogP contribution in [0, 0.1) is 6.92 Å². The highest BCUT2D eigenvalue weighted by molar-refractivity contribution is 6.30. The third-order valence-corrected chi connectivity index (χ3v) is 4.27. The Morgan fingerprint density at radius 3 is 3.08 bits per heavy atom. The van der Waals surface area contributed by atoms with Gasteiger partial charge in [0.05, 0.1) is 5.69 Å². The molecule has 2 aromatic rings. The molecule has 1 aliphatic rings. The van der Waals surface area contributed by atoms with Crippen molar-refractivity contribution < 1.29 is 9.53 Å². The fourth-order valence-electron chi connectivity index (χ4n) is 2.85. The van der Waals surface area contributed by atoms with Crippen molar-refractivity contribution in [2.24, 2.45) is 0 Å². The fourth-order valence-corrected chi connectivity index (χ4v) is 3.08. The number of aromatic amines is 1. The molecular formula is C17H18ClN3O3. The molecule has 0 aliphatic heterocycles. The zero-order valence-electron chi connectivity index (χ0n) is 13.3. The fraction of sp³-hybridized carbons (Fsp3) is 0.353. The standard InChI is InChI=1S/C17H18ClN3O3/c1-10-6-12(18)2-5-15(10)24-9-17(23)19-13-3-4-14-11(7-13)8-16(22)21-20-14/h2,5-6,8,13H,3-4,7,9H2,1H3,(H,19,23)(H,21,22). The van der Waals surface area contributed by atoms with Gasteiger partial charge >= 0.3 is 0 Å². The molecule has 0 spiro atoms. The first-order chi connectivity index (χ1) is 11.5. The maximum atomic E-state index is 12.1. The number of fused-ring (bicyclic) bond motifs is 1. The Bertz CT molecular complexity index is 819. The topological polar surface area (TPSA) is 84.1 Å². The van der Waals surface area contributed by atoms with Gasteiger partial charge in [-0.15, -0.1) is 0 Å². The van der Waals surface area contributed by atoms with Crippen LogP contribution in [0.25, 0.3) is 0 Å². The van der Waals surface area contributed by atoms with Gasteiger partial charge in [0.25, 0.3) is 11.5 Å². The summed E-state index contributed by atoms with van der Waals surface area (Å²) in [6, 6.07) is 6.80. The van der Waals surface area contributed by atoms with Gasteiger partial charge in [0.15, 0.2) is 6.61 Å². The van der Waals surface area contributed by atoms with E-state index in [4.69, 9.17) is 16.3 Å². The number of amides is 1. The van der Waals surface area contributed by atoms with E-state index in [1.54, 1.807) is 24.3 Å². The van der Waals surface area contributed by atoms with Gasteiger partial charge in [0, 0.05) is 17.1 Å². The highest BCUT2D eigenvalue weighted by Gasteiger charge is 2.21. The van der Waals surface area contributed by atoms with Crippen molar-refractivity contribution in [1.82, 2.24) is 15.5 Å². The van der Waals surface area contributed by atoms with Gasteiger partial charge in [0.2, 0.25) is 0 Å². The molecule has 1 aliphatic carbocycles. The quantitative estimate of drug-likeness (QED) is 0.883. The van der Waals surface area contributed by atoms with Gasteiger partial charge in [0.1, 0.15) is 5.75 Å². The summed E-state index contributed by atoms with van der Waals surface area (Å²) in [5.74, 6) is 0.454. The molecule has 1 atom stereocenters. The van der Waals surface area contributed by atoms with Crippen LogP contribution in [0.3, 0.4) is 0 Å². The first-order valence-electron chi connectivity index (χ1n) is 7.77. The summed E-state index contributed by atoms with van der Waals surface area (Å²) in [4.78, 5) is 23.4. The molecule has 1 heterocycles. The molecule has 1 amide bonds. The lowest BCUT2D eigenvalue weighted by molar-refractivity contribution is -0.123. The number of hydrogen-bond acceptors (Lipinski definition) is 4. The van der Waals surface area contributed by atoms with Crippen LogP contribution in [0.1, 0.15) is 23.2 Å². The maximum absolute atomic E-state index is 12.1. The summed E-state index contributed by atoms with van der Waals surface area (Å²) in [5.41, 5.74) is 2.45. The summed E-state index contributed by atoms with van der Waals surface area (Å²) >= 11 is 5.90. The molecule has 0 radical (unpaired) electrons. The summed E-state index contributed by atoms with van der Waals surface area (Å²) in [5, 5.41) is 10.1. The van der Waals surface area contributed by atoms with Crippen LogP contribution in [-0.4, -0.2) is 28.8 Å². The minimum atomic E-state index is -0.220. The Morgan fingerprint density at radius 2 is 2.29 bits per heavy atom. The van der Waals surface area contributed by atoms with Gasteiger partial charge in [-0.3, -0.25) is 9.59 Å². The summed E-state index contributed by atoms with van der Waals surface area (Å²) in [6.45, 7) is 1.82. The number of carbonyl (C=O) groups excluding carboxylic acids is 1. The third-order valence-electron chi connectivity index (χ3n) is 4.03. The van der Waals surface area contributed by atoms with E-state index in [-0.39, 0.29) is 24.1 Å². The first kappa shape index (κ1) is 16.5. The minimum Gasteiger partial charge on any atom is -0.484 e. The van der Waals surface area contributed by atoms with Gasteiger partial charge in [-0.05, 0) is 55.5 Å². The number of nitrogens with zero attached hydrogens (tertiary/aromatic N) is 1. The normalized spacial score (nSPS) is 16.3. The van der Waals surface area contributed by atoms with Crippen molar-refractivity contribution in [2.75, 3.05) is 6.61 Å². The summed E-state index contributed by atoms with van der Waals surface area (Å²) < 4.78 is 5.55. The minimum absolute atomic E-state index is 0.0106. The predicted molar refractivity (Wildman–Crippen MR) is 90.5 cm³/mol. The lowest BCUT2D eigenvalue weighted by Gasteiger charge is -2.24. The molecule has 126 valence electrons. The molecule has 0 fully saturated rings. The number of ether oxygens (including phenoxy) is 1. The number of nitrogens with one attached hydrogen (secondary N) is 2. The van der Waals surface area contributed by atoms with Crippen molar-refractivity contribution >= 4 is 17.5 Å². The molecule has 2 N–H and O–H groups in total. The van der Waals surface area contributed by atoms with Gasteiger partial charge in [-0.2, -0.15) is 5.10 Å². The summed E-state index contributed by atoms with van der Waals surface area (Å²) in [7, 11) is 0. The van der Waals surface area contributed by atoms with E-state index in [0.29, 0.717) is 17.2 Å². The second kappa shape index (κ2) is 7.05. The van der Waals surface area contributed by atoms with E-state index in [1.165, 1.54) is 0 Å². The number of aryl methyl sites for hydroxylation is 2. The van der Waals surface area contributed by atoms with E-state index in [1.807, 2.05) is 6.92 Å². The molecule has 1 unspecified atom stereocenters. The molecule has 0 saturated heterocycles. The van der Waals surface area contributed by atoms with Crippen molar-refractivity contribution in [2.45, 2.75) is 32.2 Å². The van der Waals surface area contributed by atoms with Crippen LogP contribution < -0.4 is 15.6 Å². The first-order valence-corrected chi connectivity index (χ1v) is 8.15. The monoisotopic (exact) mass is 347 g/mol. The lowest BCUT2D eigenvalue weighted by Crippen LogP contribution is -2.41. The van der Waals surface area contributed by atoms with Crippen LogP contribution >= 0.6 is 11.6 Å². The smallest absolute Gasteiger partial charge is 0.264 e. The van der Waals surface area contributed by atoms with Crippen molar-refractivity contribution in [3.63, 3.8) is 0 Å². The molecular weight excluding hydrogens is 330 g/mol. The Balaban J connectivity index is 1.55. The van der Waals surface area contributed by atoms with E-state index >= 15 is 0 Å². The van der Waals surface area contributed by atoms with E-state index < -0.39 is 0 Å². The van der Waals surface area contributed by atoms with Gasteiger partial charge in [-0.25, -0.2) is 5.10 Å². The molecule has 0 bridgehead atoms. The maximum Gasteiger partial charge on any atom is 0.264 e. The molecule has 6 nitrogen and oxygen atoms in total. The van der Waals surface area contributed by atoms with Gasteiger partial charge < -0.3 is 10.1 Å². The van der Waals surface area contributed by atoms with Crippen LogP contribution in [0.15, 0.2) is 29.1 Å².